The zero-order chi connectivity index (χ0) is 14.7. The fraction of sp³-hybridized carbons (Fsp3) is 0.533. The van der Waals surface area contributed by atoms with Gasteiger partial charge in [0.2, 0.25) is 5.91 Å². The number of nitrogens with zero attached hydrogens (tertiary/aromatic N) is 2. The van der Waals surface area contributed by atoms with Crippen molar-refractivity contribution in [1.29, 1.82) is 0 Å². The van der Waals surface area contributed by atoms with Gasteiger partial charge in [-0.1, -0.05) is 37.6 Å². The van der Waals surface area contributed by atoms with Crippen molar-refractivity contribution in [3.8, 4) is 0 Å². The summed E-state index contributed by atoms with van der Waals surface area (Å²) in [5.41, 5.74) is 6.97. The average Bonchev–Trinajstić information content (AvgIpc) is 2.46. The van der Waals surface area contributed by atoms with E-state index < -0.39 is 6.04 Å². The second-order valence-electron chi connectivity index (χ2n) is 5.53. The molecule has 1 aromatic rings. The third-order valence-electron chi connectivity index (χ3n) is 3.79. The minimum atomic E-state index is -0.401. The number of nitrogens with two attached hydrogens (primary N) is 1. The van der Waals surface area contributed by atoms with E-state index in [0.29, 0.717) is 13.1 Å². The number of benzene rings is 1. The van der Waals surface area contributed by atoms with Crippen LogP contribution in [0.3, 0.4) is 0 Å². The summed E-state index contributed by atoms with van der Waals surface area (Å²) in [6.07, 6.45) is 0. The molecule has 7 heteroatoms. The van der Waals surface area contributed by atoms with Crippen LogP contribution in [0.15, 0.2) is 24.3 Å². The summed E-state index contributed by atoms with van der Waals surface area (Å²) in [6.45, 7) is 6.93. The average molecular weight is 369 g/mol. The van der Waals surface area contributed by atoms with Crippen LogP contribution >= 0.6 is 36.4 Å². The van der Waals surface area contributed by atoms with Gasteiger partial charge in [-0.25, -0.2) is 0 Å². The van der Waals surface area contributed by atoms with Crippen LogP contribution < -0.4 is 10.6 Å². The van der Waals surface area contributed by atoms with Crippen LogP contribution in [0.25, 0.3) is 0 Å². The molecule has 1 atom stereocenters. The molecule has 1 heterocycles. The van der Waals surface area contributed by atoms with Gasteiger partial charge in [0.15, 0.2) is 0 Å². The predicted octanol–water partition coefficient (Wildman–Crippen LogP) is 2.82. The minimum absolute atomic E-state index is 0. The van der Waals surface area contributed by atoms with Crippen molar-refractivity contribution in [3.05, 3.63) is 29.3 Å². The molecule has 0 saturated carbocycles. The Bertz CT molecular complexity index is 477. The van der Waals surface area contributed by atoms with Gasteiger partial charge in [-0.2, -0.15) is 0 Å². The lowest BCUT2D eigenvalue weighted by molar-refractivity contribution is -0.133. The number of rotatable bonds is 3. The molecule has 1 saturated heterocycles. The van der Waals surface area contributed by atoms with Crippen molar-refractivity contribution in [2.75, 3.05) is 31.1 Å². The Morgan fingerprint density at radius 1 is 1.14 bits per heavy atom. The molecule has 1 aliphatic heterocycles. The minimum Gasteiger partial charge on any atom is -0.367 e. The topological polar surface area (TPSA) is 49.6 Å². The molecule has 22 heavy (non-hydrogen) atoms. The second kappa shape index (κ2) is 9.46. The molecule has 1 fully saturated rings. The SMILES string of the molecule is CC(C)[C@@H](N)C(=O)N1CCN(c2ccccc2Cl)CC1.Cl.Cl. The van der Waals surface area contributed by atoms with Gasteiger partial charge in [0.05, 0.1) is 16.8 Å². The maximum absolute atomic E-state index is 12.2. The summed E-state index contributed by atoms with van der Waals surface area (Å²) in [4.78, 5) is 16.3. The first-order valence-electron chi connectivity index (χ1n) is 7.04. The van der Waals surface area contributed by atoms with Crippen molar-refractivity contribution in [2.45, 2.75) is 19.9 Å². The Balaban J connectivity index is 0.00000220. The van der Waals surface area contributed by atoms with Gasteiger partial charge in [0, 0.05) is 26.2 Å². The highest BCUT2D eigenvalue weighted by atomic mass is 35.5. The second-order valence-corrected chi connectivity index (χ2v) is 5.94. The number of hydrogen-bond donors (Lipinski definition) is 1. The number of amides is 1. The number of carbonyl (C=O) groups excluding carboxylic acids is 1. The van der Waals surface area contributed by atoms with Gasteiger partial charge in [0.1, 0.15) is 0 Å². The van der Waals surface area contributed by atoms with Gasteiger partial charge in [-0.15, -0.1) is 24.8 Å². The van der Waals surface area contributed by atoms with E-state index in [1.165, 1.54) is 0 Å². The van der Waals surface area contributed by atoms with E-state index in [1.807, 2.05) is 43.0 Å². The quantitative estimate of drug-likeness (QED) is 0.892. The molecular weight excluding hydrogens is 345 g/mol. The standard InChI is InChI=1S/C15H22ClN3O.2ClH/c1-11(2)14(17)15(20)19-9-7-18(8-10-19)13-6-4-3-5-12(13)16;;/h3-6,11,14H,7-10,17H2,1-2H3;2*1H/t14-;;/m1../s1. The van der Waals surface area contributed by atoms with Crippen LogP contribution in [0.5, 0.6) is 0 Å². The van der Waals surface area contributed by atoms with Crippen molar-refractivity contribution < 1.29 is 4.79 Å². The van der Waals surface area contributed by atoms with Gasteiger partial charge in [-0.05, 0) is 18.1 Å². The zero-order valence-electron chi connectivity index (χ0n) is 12.9. The number of anilines is 1. The zero-order valence-corrected chi connectivity index (χ0v) is 15.3. The van der Waals surface area contributed by atoms with E-state index in [9.17, 15) is 4.79 Å². The van der Waals surface area contributed by atoms with Gasteiger partial charge < -0.3 is 15.5 Å². The maximum Gasteiger partial charge on any atom is 0.239 e. The van der Waals surface area contributed by atoms with E-state index in [-0.39, 0.29) is 36.6 Å². The van der Waals surface area contributed by atoms with Crippen LogP contribution in [0.4, 0.5) is 5.69 Å². The third kappa shape index (κ3) is 4.92. The molecule has 1 aromatic carbocycles. The number of halogens is 3. The Kier molecular flexibility index (Phi) is 9.16. The first-order chi connectivity index (χ1) is 9.50. The van der Waals surface area contributed by atoms with Gasteiger partial charge in [-0.3, -0.25) is 4.79 Å². The fourth-order valence-corrected chi connectivity index (χ4v) is 2.63. The number of hydrogen-bond acceptors (Lipinski definition) is 3. The molecule has 2 N–H and O–H groups in total. The smallest absolute Gasteiger partial charge is 0.239 e. The lowest BCUT2D eigenvalue weighted by atomic mass is 10.0. The molecule has 4 nitrogen and oxygen atoms in total. The van der Waals surface area contributed by atoms with Crippen molar-refractivity contribution in [2.24, 2.45) is 11.7 Å². The molecule has 126 valence electrons. The molecule has 1 amide bonds. The van der Waals surface area contributed by atoms with E-state index >= 15 is 0 Å². The van der Waals surface area contributed by atoms with Gasteiger partial charge in [0.25, 0.3) is 0 Å². The fourth-order valence-electron chi connectivity index (χ4n) is 2.37. The van der Waals surface area contributed by atoms with E-state index in [1.54, 1.807) is 0 Å². The summed E-state index contributed by atoms with van der Waals surface area (Å²) in [5, 5.41) is 0.756. The molecular formula is C15H24Cl3N3O. The number of piperazine rings is 1. The molecule has 0 bridgehead atoms. The van der Waals surface area contributed by atoms with Crippen molar-refractivity contribution in [3.63, 3.8) is 0 Å². The Hall–Kier alpha value is -0.680. The largest absolute Gasteiger partial charge is 0.367 e. The molecule has 0 aliphatic carbocycles. The predicted molar refractivity (Wildman–Crippen MR) is 97.6 cm³/mol. The Morgan fingerprint density at radius 3 is 2.18 bits per heavy atom. The van der Waals surface area contributed by atoms with Crippen LogP contribution in [-0.4, -0.2) is 43.0 Å². The number of para-hydroxylation sites is 1. The monoisotopic (exact) mass is 367 g/mol. The van der Waals surface area contributed by atoms with Crippen LogP contribution in [0, 0.1) is 5.92 Å². The Morgan fingerprint density at radius 2 is 1.68 bits per heavy atom. The Labute approximate surface area is 149 Å². The third-order valence-corrected chi connectivity index (χ3v) is 4.11. The highest BCUT2D eigenvalue weighted by Gasteiger charge is 2.27. The lowest BCUT2D eigenvalue weighted by Gasteiger charge is -2.37. The van der Waals surface area contributed by atoms with E-state index in [4.69, 9.17) is 17.3 Å². The van der Waals surface area contributed by atoms with E-state index in [0.717, 1.165) is 23.8 Å². The van der Waals surface area contributed by atoms with Crippen LogP contribution in [0.2, 0.25) is 5.02 Å². The van der Waals surface area contributed by atoms with Crippen LogP contribution in [0.1, 0.15) is 13.8 Å². The first-order valence-corrected chi connectivity index (χ1v) is 7.42. The van der Waals surface area contributed by atoms with Crippen molar-refractivity contribution in [1.82, 2.24) is 4.90 Å². The molecule has 1 aliphatic rings. The van der Waals surface area contributed by atoms with Gasteiger partial charge >= 0.3 is 0 Å². The number of carbonyl (C=O) groups is 1. The maximum atomic E-state index is 12.2. The summed E-state index contributed by atoms with van der Waals surface area (Å²) in [6, 6.07) is 7.41. The van der Waals surface area contributed by atoms with Crippen molar-refractivity contribution >= 4 is 48.0 Å². The summed E-state index contributed by atoms with van der Waals surface area (Å²) in [7, 11) is 0. The highest BCUT2D eigenvalue weighted by molar-refractivity contribution is 6.33. The lowest BCUT2D eigenvalue weighted by Crippen LogP contribution is -2.54. The summed E-state index contributed by atoms with van der Waals surface area (Å²) >= 11 is 6.21. The first kappa shape index (κ1) is 21.3. The molecule has 0 spiro atoms. The van der Waals surface area contributed by atoms with Crippen LogP contribution in [-0.2, 0) is 4.79 Å². The highest BCUT2D eigenvalue weighted by Crippen LogP contribution is 2.26. The molecule has 0 aromatic heterocycles. The molecule has 0 unspecified atom stereocenters. The van der Waals surface area contributed by atoms with E-state index in [2.05, 4.69) is 4.90 Å². The normalized spacial score (nSPS) is 15.9. The summed E-state index contributed by atoms with van der Waals surface area (Å²) < 4.78 is 0. The molecule has 0 radical (unpaired) electrons. The molecule has 2 rings (SSSR count). The summed E-state index contributed by atoms with van der Waals surface area (Å²) in [5.74, 6) is 0.225.